The Hall–Kier alpha value is -5.55. The topological polar surface area (TPSA) is 184 Å². The van der Waals surface area contributed by atoms with Gasteiger partial charge < -0.3 is 19.5 Å². The first-order valence-corrected chi connectivity index (χ1v) is 14.9. The fourth-order valence-corrected chi connectivity index (χ4v) is 4.89. The molecule has 1 N–H and O–H groups in total. The van der Waals surface area contributed by atoms with Crippen molar-refractivity contribution in [2.24, 2.45) is 0 Å². The van der Waals surface area contributed by atoms with Crippen molar-refractivity contribution in [3.63, 3.8) is 0 Å². The fraction of sp³-hybridized carbons (Fsp3) is 0.433. The molecule has 1 fully saturated rings. The highest BCUT2D eigenvalue weighted by Crippen LogP contribution is 2.35. The lowest BCUT2D eigenvalue weighted by atomic mass is 10.1. The smallest absolute Gasteiger partial charge is 0.425 e. The van der Waals surface area contributed by atoms with E-state index in [1.54, 1.807) is 52.4 Å². The zero-order valence-electron chi connectivity index (χ0n) is 27.1. The van der Waals surface area contributed by atoms with Crippen molar-refractivity contribution in [1.82, 2.24) is 45.1 Å². The summed E-state index contributed by atoms with van der Waals surface area (Å²) in [6.45, 7) is 10.3. The maximum Gasteiger partial charge on any atom is 0.425 e. The van der Waals surface area contributed by atoms with Gasteiger partial charge >= 0.3 is 18.3 Å². The van der Waals surface area contributed by atoms with Crippen LogP contribution in [0.4, 0.5) is 29.0 Å². The third-order valence-corrected chi connectivity index (χ3v) is 7.02. The van der Waals surface area contributed by atoms with E-state index in [0.717, 1.165) is 10.7 Å². The Morgan fingerprint density at radius 1 is 0.958 bits per heavy atom. The van der Waals surface area contributed by atoms with E-state index in [9.17, 15) is 23.9 Å². The quantitative estimate of drug-likeness (QED) is 0.292. The first-order valence-electron chi connectivity index (χ1n) is 14.9. The molecule has 1 aromatic carbocycles. The van der Waals surface area contributed by atoms with Gasteiger partial charge in [-0.1, -0.05) is 11.3 Å². The third kappa shape index (κ3) is 7.37. The van der Waals surface area contributed by atoms with Gasteiger partial charge in [0, 0.05) is 24.8 Å². The number of aromatic nitrogens is 8. The SMILES string of the molecule is CC(C)(C)OC(=O)N(C(=O)OC(C)(C)C)c1ncc(-c2cn(C3CCN(C(=O)O)CC3)nn2)cc1-c1nnnn1-c1cccc(F)c1F. The first kappa shape index (κ1) is 33.8. The van der Waals surface area contributed by atoms with Crippen molar-refractivity contribution in [2.45, 2.75) is 71.6 Å². The summed E-state index contributed by atoms with van der Waals surface area (Å²) in [5.74, 6) is -2.95. The summed E-state index contributed by atoms with van der Waals surface area (Å²) in [6.07, 6.45) is 0.771. The van der Waals surface area contributed by atoms with Crippen LogP contribution in [0.2, 0.25) is 0 Å². The number of pyridine rings is 1. The molecule has 4 heterocycles. The number of amides is 3. The molecule has 4 aromatic rings. The summed E-state index contributed by atoms with van der Waals surface area (Å²) in [6, 6.07) is 4.78. The van der Waals surface area contributed by atoms with Crippen LogP contribution in [0, 0.1) is 11.6 Å². The molecule has 48 heavy (non-hydrogen) atoms. The second kappa shape index (κ2) is 12.9. The van der Waals surface area contributed by atoms with Crippen LogP contribution in [-0.2, 0) is 9.47 Å². The van der Waals surface area contributed by atoms with Crippen molar-refractivity contribution in [3.05, 3.63) is 48.3 Å². The lowest BCUT2D eigenvalue weighted by molar-refractivity contribution is 0.0429. The van der Waals surface area contributed by atoms with E-state index in [2.05, 4.69) is 30.8 Å². The summed E-state index contributed by atoms with van der Waals surface area (Å²) >= 11 is 0. The normalized spacial score (nSPS) is 14.1. The summed E-state index contributed by atoms with van der Waals surface area (Å²) < 4.78 is 42.9. The Morgan fingerprint density at radius 2 is 1.60 bits per heavy atom. The minimum absolute atomic E-state index is 0.0674. The summed E-state index contributed by atoms with van der Waals surface area (Å²) in [7, 11) is 0. The predicted molar refractivity (Wildman–Crippen MR) is 164 cm³/mol. The number of benzene rings is 1. The van der Waals surface area contributed by atoms with Crippen molar-refractivity contribution < 1.29 is 37.7 Å². The first-order chi connectivity index (χ1) is 22.5. The van der Waals surface area contributed by atoms with Gasteiger partial charge in [-0.3, -0.25) is 0 Å². The maximum absolute atomic E-state index is 15.0. The molecule has 1 aliphatic rings. The standard InChI is InChI=1S/C30H34F2N10O6/c1-29(2,3)47-27(45)41(28(46)48-30(4,5)6)24-19(25-35-36-38-42(25)22-9-7-8-20(31)23(22)32)14-17(15-33-24)21-16-40(37-34-21)18-10-12-39(13-11-18)26(43)44/h7-9,14-16,18H,10-13H2,1-6H3,(H,43,44). The monoisotopic (exact) mass is 668 g/mol. The number of rotatable bonds is 5. The lowest BCUT2D eigenvalue weighted by Gasteiger charge is -2.29. The molecule has 0 saturated carbocycles. The minimum Gasteiger partial charge on any atom is -0.465 e. The van der Waals surface area contributed by atoms with Crippen LogP contribution < -0.4 is 4.90 Å². The molecule has 254 valence electrons. The van der Waals surface area contributed by atoms with Gasteiger partial charge in [0.25, 0.3) is 0 Å². The van der Waals surface area contributed by atoms with Crippen LogP contribution in [0.25, 0.3) is 28.3 Å². The predicted octanol–water partition coefficient (Wildman–Crippen LogP) is 5.25. The zero-order valence-corrected chi connectivity index (χ0v) is 27.1. The lowest BCUT2D eigenvalue weighted by Crippen LogP contribution is -2.44. The molecule has 0 radical (unpaired) electrons. The Morgan fingerprint density at radius 3 is 2.21 bits per heavy atom. The van der Waals surface area contributed by atoms with Crippen molar-refractivity contribution in [1.29, 1.82) is 0 Å². The Kier molecular flexibility index (Phi) is 9.10. The molecule has 5 rings (SSSR count). The number of nitrogens with zero attached hydrogens (tertiary/aromatic N) is 10. The second-order valence-electron chi connectivity index (χ2n) is 13.0. The average molecular weight is 669 g/mol. The van der Waals surface area contributed by atoms with Crippen LogP contribution in [-0.4, -0.2) is 92.8 Å². The van der Waals surface area contributed by atoms with Gasteiger partial charge in [0.2, 0.25) is 0 Å². The maximum atomic E-state index is 15.0. The summed E-state index contributed by atoms with van der Waals surface area (Å²) in [5.41, 5.74) is -1.84. The van der Waals surface area contributed by atoms with E-state index in [4.69, 9.17) is 9.47 Å². The van der Waals surface area contributed by atoms with Gasteiger partial charge in [0.1, 0.15) is 22.6 Å². The number of piperidine rings is 1. The van der Waals surface area contributed by atoms with Gasteiger partial charge in [-0.25, -0.2) is 32.8 Å². The van der Waals surface area contributed by atoms with Crippen molar-refractivity contribution >= 4 is 24.1 Å². The van der Waals surface area contributed by atoms with Crippen LogP contribution in [0.15, 0.2) is 36.7 Å². The molecule has 0 aliphatic carbocycles. The molecule has 1 saturated heterocycles. The number of carbonyl (C=O) groups is 3. The molecule has 3 aromatic heterocycles. The zero-order chi connectivity index (χ0) is 35.0. The van der Waals surface area contributed by atoms with Crippen molar-refractivity contribution in [2.75, 3.05) is 18.0 Å². The number of hydrogen-bond donors (Lipinski definition) is 1. The summed E-state index contributed by atoms with van der Waals surface area (Å²) in [4.78, 5) is 44.8. The van der Waals surface area contributed by atoms with Gasteiger partial charge in [-0.15, -0.1) is 10.2 Å². The Labute approximate surface area is 273 Å². The highest BCUT2D eigenvalue weighted by atomic mass is 19.2. The van der Waals surface area contributed by atoms with E-state index in [1.165, 1.54) is 29.3 Å². The number of carbonyl (C=O) groups excluding carboxylic acids is 2. The fourth-order valence-electron chi connectivity index (χ4n) is 4.89. The molecule has 0 bridgehead atoms. The number of tetrazole rings is 1. The minimum atomic E-state index is -1.25. The molecule has 0 unspecified atom stereocenters. The van der Waals surface area contributed by atoms with E-state index in [0.29, 0.717) is 42.1 Å². The molecule has 1 aliphatic heterocycles. The van der Waals surface area contributed by atoms with Gasteiger partial charge in [0.15, 0.2) is 23.3 Å². The largest absolute Gasteiger partial charge is 0.465 e. The van der Waals surface area contributed by atoms with E-state index >= 15 is 4.39 Å². The second-order valence-corrected chi connectivity index (χ2v) is 13.0. The molecular weight excluding hydrogens is 634 g/mol. The van der Waals surface area contributed by atoms with Crippen LogP contribution >= 0.6 is 0 Å². The number of imide groups is 1. The summed E-state index contributed by atoms with van der Waals surface area (Å²) in [5, 5.41) is 29.3. The van der Waals surface area contributed by atoms with E-state index in [1.807, 2.05) is 0 Å². The molecule has 0 spiro atoms. The number of carboxylic acid groups (broad SMARTS) is 1. The van der Waals surface area contributed by atoms with Crippen LogP contribution in [0.5, 0.6) is 0 Å². The average Bonchev–Trinajstić information content (AvgIpc) is 3.68. The molecule has 3 amide bonds. The molecule has 16 nitrogen and oxygen atoms in total. The molecular formula is C30H34F2N10O6. The highest BCUT2D eigenvalue weighted by molar-refractivity contribution is 6.11. The highest BCUT2D eigenvalue weighted by Gasteiger charge is 2.37. The van der Waals surface area contributed by atoms with Gasteiger partial charge in [0.05, 0.1) is 17.8 Å². The number of likely N-dealkylation sites (tertiary alicyclic amines) is 1. The van der Waals surface area contributed by atoms with Gasteiger partial charge in [-0.05, 0) is 83.0 Å². The third-order valence-electron chi connectivity index (χ3n) is 7.02. The number of ether oxygens (including phenoxy) is 2. The Bertz CT molecular complexity index is 1810. The Balaban J connectivity index is 1.65. The number of halogens is 2. The molecule has 0 atom stereocenters. The van der Waals surface area contributed by atoms with Gasteiger partial charge in [-0.2, -0.15) is 9.58 Å². The van der Waals surface area contributed by atoms with Crippen molar-refractivity contribution in [3.8, 4) is 28.3 Å². The van der Waals surface area contributed by atoms with E-state index < -0.39 is 41.1 Å². The van der Waals surface area contributed by atoms with Crippen LogP contribution in [0.3, 0.4) is 0 Å². The van der Waals surface area contributed by atoms with E-state index in [-0.39, 0.29) is 28.9 Å². The number of anilines is 1. The molecule has 18 heteroatoms. The van der Waals surface area contributed by atoms with Crippen LogP contribution in [0.1, 0.15) is 60.4 Å². The number of hydrogen-bond acceptors (Lipinski definition) is 11.